The van der Waals surface area contributed by atoms with Gasteiger partial charge in [0.1, 0.15) is 35.0 Å². The number of hydrogen-bond donors (Lipinski definition) is 3. The summed E-state index contributed by atoms with van der Waals surface area (Å²) in [6.45, 7) is 0.957. The Morgan fingerprint density at radius 3 is 2.78 bits per heavy atom. The molecule has 8 nitrogen and oxygen atoms in total. The lowest BCUT2D eigenvalue weighted by molar-refractivity contribution is -0.137. The summed E-state index contributed by atoms with van der Waals surface area (Å²) in [6.07, 6.45) is -3.13. The fourth-order valence-electron chi connectivity index (χ4n) is 4.72. The van der Waals surface area contributed by atoms with Crippen LogP contribution < -0.4 is 14.8 Å². The van der Waals surface area contributed by atoms with Crippen molar-refractivity contribution >= 4 is 22.8 Å². The Bertz CT molecular complexity index is 1520. The quantitative estimate of drug-likeness (QED) is 0.364. The topological polar surface area (TPSA) is 109 Å². The average Bonchev–Trinajstić information content (AvgIpc) is 3.17. The van der Waals surface area contributed by atoms with Gasteiger partial charge in [-0.1, -0.05) is 0 Å². The summed E-state index contributed by atoms with van der Waals surface area (Å²) in [5.74, 6) is 1.89. The van der Waals surface area contributed by atoms with E-state index in [2.05, 4.69) is 20.3 Å². The van der Waals surface area contributed by atoms with Crippen molar-refractivity contribution < 1.29 is 32.5 Å². The number of fused-ring (bicyclic) bond motifs is 4. The molecular weight excluding hydrogens is 477 g/mol. The number of halogens is 3. The summed E-state index contributed by atoms with van der Waals surface area (Å²) >= 11 is 0. The minimum atomic E-state index is -4.43. The van der Waals surface area contributed by atoms with E-state index in [0.717, 1.165) is 17.7 Å². The van der Waals surface area contributed by atoms with Gasteiger partial charge in [0.25, 0.3) is 0 Å². The number of carbonyl (C=O) groups excluding carboxylic acids is 1. The highest BCUT2D eigenvalue weighted by Crippen LogP contribution is 2.63. The Kier molecular flexibility index (Phi) is 4.94. The number of alkyl halides is 3. The van der Waals surface area contributed by atoms with Crippen LogP contribution in [0.25, 0.3) is 11.0 Å². The number of nitrogens with zero attached hydrogens (tertiary/aromatic N) is 2. The van der Waals surface area contributed by atoms with Gasteiger partial charge in [-0.25, -0.2) is 9.97 Å². The zero-order valence-electron chi connectivity index (χ0n) is 18.8. The third-order valence-corrected chi connectivity index (χ3v) is 6.39. The summed E-state index contributed by atoms with van der Waals surface area (Å²) in [7, 11) is 0. The third kappa shape index (κ3) is 3.72. The van der Waals surface area contributed by atoms with Gasteiger partial charge in [0, 0.05) is 24.6 Å². The molecule has 1 amide bonds. The standard InChI is InChI=1S/C25H19F3N4O4/c1-11(34)30-23-15(10-33)19(6-7-29-23)35-13-3-5-18-14(9-13)20-21(22(20)36-18)24-31-16-4-2-12(25(26,27)28)8-17(16)32-24/h2-9,20-22,33H,10H2,1H3,(H,31,32)(H,29,30,34). The number of aliphatic hydroxyl groups is 1. The van der Waals surface area contributed by atoms with Gasteiger partial charge in [-0.3, -0.25) is 4.79 Å². The number of pyridine rings is 1. The number of ether oxygens (including phenoxy) is 2. The first-order valence-corrected chi connectivity index (χ1v) is 11.1. The second-order valence-corrected chi connectivity index (χ2v) is 8.76. The van der Waals surface area contributed by atoms with Crippen molar-refractivity contribution in [1.29, 1.82) is 0 Å². The van der Waals surface area contributed by atoms with E-state index in [-0.39, 0.29) is 36.3 Å². The van der Waals surface area contributed by atoms with E-state index in [0.29, 0.717) is 39.7 Å². The molecule has 4 aromatic rings. The van der Waals surface area contributed by atoms with Crippen LogP contribution in [0, 0.1) is 0 Å². The second-order valence-electron chi connectivity index (χ2n) is 8.76. The largest absolute Gasteiger partial charge is 0.489 e. The first-order chi connectivity index (χ1) is 17.2. The molecule has 3 N–H and O–H groups in total. The van der Waals surface area contributed by atoms with Crippen molar-refractivity contribution in [2.45, 2.75) is 37.6 Å². The number of aliphatic hydroxyl groups excluding tert-OH is 1. The molecule has 2 aliphatic rings. The minimum Gasteiger partial charge on any atom is -0.489 e. The van der Waals surface area contributed by atoms with Gasteiger partial charge in [0.2, 0.25) is 5.91 Å². The lowest BCUT2D eigenvalue weighted by atomic mass is 10.1. The van der Waals surface area contributed by atoms with Gasteiger partial charge in [-0.2, -0.15) is 13.2 Å². The molecule has 0 saturated heterocycles. The van der Waals surface area contributed by atoms with Crippen molar-refractivity contribution in [3.63, 3.8) is 0 Å². The Hall–Kier alpha value is -4.12. The maximum absolute atomic E-state index is 13.1. The van der Waals surface area contributed by atoms with Gasteiger partial charge >= 0.3 is 6.18 Å². The number of hydrogen-bond acceptors (Lipinski definition) is 6. The number of rotatable bonds is 5. The van der Waals surface area contributed by atoms with Gasteiger partial charge in [-0.15, -0.1) is 0 Å². The number of H-pyrrole nitrogens is 1. The number of benzene rings is 2. The van der Waals surface area contributed by atoms with Crippen molar-refractivity contribution in [2.75, 3.05) is 5.32 Å². The van der Waals surface area contributed by atoms with Crippen LogP contribution in [0.4, 0.5) is 19.0 Å². The molecule has 0 radical (unpaired) electrons. The molecule has 1 aliphatic heterocycles. The predicted molar refractivity (Wildman–Crippen MR) is 122 cm³/mol. The lowest BCUT2D eigenvalue weighted by Gasteiger charge is -2.14. The molecule has 36 heavy (non-hydrogen) atoms. The van der Waals surface area contributed by atoms with E-state index in [1.807, 2.05) is 6.07 Å². The highest BCUT2D eigenvalue weighted by molar-refractivity contribution is 5.88. The summed E-state index contributed by atoms with van der Waals surface area (Å²) in [5, 5.41) is 12.4. The molecule has 1 saturated carbocycles. The van der Waals surface area contributed by atoms with Crippen molar-refractivity contribution in [2.24, 2.45) is 0 Å². The molecule has 1 aliphatic carbocycles. The summed E-state index contributed by atoms with van der Waals surface area (Å²) in [5.41, 5.74) is 1.30. The molecule has 0 bridgehead atoms. The zero-order valence-corrected chi connectivity index (χ0v) is 18.8. The maximum Gasteiger partial charge on any atom is 0.416 e. The normalized spacial score (nSPS) is 20.0. The van der Waals surface area contributed by atoms with Crippen LogP contribution in [0.1, 0.15) is 41.3 Å². The minimum absolute atomic E-state index is 0.0177. The summed E-state index contributed by atoms with van der Waals surface area (Å²) < 4.78 is 51.2. The lowest BCUT2D eigenvalue weighted by Crippen LogP contribution is -2.10. The van der Waals surface area contributed by atoms with E-state index >= 15 is 0 Å². The molecule has 2 aromatic heterocycles. The van der Waals surface area contributed by atoms with Gasteiger partial charge < -0.3 is 24.9 Å². The Morgan fingerprint density at radius 1 is 1.19 bits per heavy atom. The highest BCUT2D eigenvalue weighted by atomic mass is 19.4. The molecule has 3 heterocycles. The third-order valence-electron chi connectivity index (χ3n) is 6.39. The summed E-state index contributed by atoms with van der Waals surface area (Å²) in [6, 6.07) is 10.4. The molecule has 1 fully saturated rings. The van der Waals surface area contributed by atoms with Gasteiger partial charge in [-0.05, 0) is 42.5 Å². The second kappa shape index (κ2) is 7.95. The number of amides is 1. The van der Waals surface area contributed by atoms with Crippen LogP contribution in [0.5, 0.6) is 17.2 Å². The van der Waals surface area contributed by atoms with Crippen molar-refractivity contribution in [3.8, 4) is 17.2 Å². The van der Waals surface area contributed by atoms with Crippen LogP contribution in [0.15, 0.2) is 48.7 Å². The molecule has 0 spiro atoms. The molecule has 3 unspecified atom stereocenters. The van der Waals surface area contributed by atoms with Crippen LogP contribution in [-0.2, 0) is 17.6 Å². The Labute approximate surface area is 202 Å². The fourth-order valence-corrected chi connectivity index (χ4v) is 4.72. The van der Waals surface area contributed by atoms with Crippen LogP contribution >= 0.6 is 0 Å². The van der Waals surface area contributed by atoms with E-state index < -0.39 is 11.7 Å². The predicted octanol–water partition coefficient (Wildman–Crippen LogP) is 4.86. The number of imidazole rings is 1. The number of carbonyl (C=O) groups is 1. The van der Waals surface area contributed by atoms with Crippen molar-refractivity contribution in [1.82, 2.24) is 15.0 Å². The Morgan fingerprint density at radius 2 is 2.03 bits per heavy atom. The molecule has 11 heteroatoms. The van der Waals surface area contributed by atoms with Crippen molar-refractivity contribution in [3.05, 3.63) is 71.2 Å². The van der Waals surface area contributed by atoms with Crippen LogP contribution in [0.2, 0.25) is 0 Å². The number of aromatic amines is 1. The highest BCUT2D eigenvalue weighted by Gasteiger charge is 2.61. The first-order valence-electron chi connectivity index (χ1n) is 11.1. The SMILES string of the molecule is CC(=O)Nc1nccc(Oc2ccc3c(c2)C2C(O3)C2c2nc3ccc(C(F)(F)F)cc3[nH]2)c1CO. The zero-order chi connectivity index (χ0) is 25.2. The number of nitrogens with one attached hydrogen (secondary N) is 2. The molecule has 6 rings (SSSR count). The maximum atomic E-state index is 13.1. The van der Waals surface area contributed by atoms with E-state index in [9.17, 15) is 23.1 Å². The monoisotopic (exact) mass is 496 g/mol. The van der Waals surface area contributed by atoms with E-state index in [4.69, 9.17) is 9.47 Å². The molecular formula is C25H19F3N4O4. The van der Waals surface area contributed by atoms with E-state index in [1.165, 1.54) is 19.2 Å². The van der Waals surface area contributed by atoms with E-state index in [1.54, 1.807) is 18.2 Å². The molecule has 2 aromatic carbocycles. The fraction of sp³-hybridized carbons (Fsp3) is 0.240. The molecule has 184 valence electrons. The average molecular weight is 496 g/mol. The number of anilines is 1. The van der Waals surface area contributed by atoms with Crippen LogP contribution in [0.3, 0.4) is 0 Å². The first kappa shape index (κ1) is 22.4. The van der Waals surface area contributed by atoms with Crippen LogP contribution in [-0.4, -0.2) is 32.1 Å². The number of aromatic nitrogens is 3. The van der Waals surface area contributed by atoms with Gasteiger partial charge in [0.15, 0.2) is 0 Å². The molecule has 3 atom stereocenters. The smallest absolute Gasteiger partial charge is 0.416 e. The Balaban J connectivity index is 1.26. The summed E-state index contributed by atoms with van der Waals surface area (Å²) in [4.78, 5) is 23.0. The van der Waals surface area contributed by atoms with Gasteiger partial charge in [0.05, 0.1) is 34.7 Å².